The van der Waals surface area contributed by atoms with E-state index in [2.05, 4.69) is 10.5 Å². The van der Waals surface area contributed by atoms with Crippen molar-refractivity contribution < 1.29 is 22.7 Å². The molecule has 1 aromatic carbocycles. The maximum atomic E-state index is 11.9. The Hall–Kier alpha value is -1.80. The minimum Gasteiger partial charge on any atom is -0.489 e. The zero-order chi connectivity index (χ0) is 17.9. The molecule has 3 rings (SSSR count). The van der Waals surface area contributed by atoms with Gasteiger partial charge >= 0.3 is 0 Å². The minimum atomic E-state index is -2.98. The molecule has 0 radical (unpaired) electrons. The molecule has 1 saturated heterocycles. The van der Waals surface area contributed by atoms with E-state index in [-0.39, 0.29) is 29.8 Å². The van der Waals surface area contributed by atoms with Crippen molar-refractivity contribution in [1.82, 2.24) is 5.43 Å². The number of carbonyl (C=O) groups excluding carboxylic acids is 1. The van der Waals surface area contributed by atoms with Crippen LogP contribution in [-0.4, -0.2) is 45.3 Å². The lowest BCUT2D eigenvalue weighted by Gasteiger charge is -2.09. The van der Waals surface area contributed by atoms with Gasteiger partial charge in [0.15, 0.2) is 21.3 Å². The summed E-state index contributed by atoms with van der Waals surface area (Å²) in [5, 5.41) is 4.32. The molecule has 7 nitrogen and oxygen atoms in total. The van der Waals surface area contributed by atoms with Crippen LogP contribution in [0.2, 0.25) is 5.02 Å². The Balaban J connectivity index is 1.58. The average Bonchev–Trinajstić information content (AvgIpc) is 2.73. The van der Waals surface area contributed by atoms with Crippen LogP contribution in [0, 0.1) is 5.92 Å². The Morgan fingerprint density at radius 3 is 2.92 bits per heavy atom. The number of benzene rings is 1. The molecule has 2 aliphatic rings. The van der Waals surface area contributed by atoms with E-state index < -0.39 is 9.84 Å². The molecule has 0 spiro atoms. The zero-order valence-electron chi connectivity index (χ0n) is 13.5. The predicted octanol–water partition coefficient (Wildman–Crippen LogP) is 1.78. The maximum absolute atomic E-state index is 11.9. The molecule has 0 aliphatic carbocycles. The number of sulfone groups is 1. The molecule has 1 fully saturated rings. The van der Waals surface area contributed by atoms with E-state index in [0.29, 0.717) is 41.7 Å². The van der Waals surface area contributed by atoms with Gasteiger partial charge in [0.1, 0.15) is 0 Å². The fourth-order valence-corrected chi connectivity index (χ4v) is 4.98. The lowest BCUT2D eigenvalue weighted by atomic mass is 10.1. The lowest BCUT2D eigenvalue weighted by Crippen LogP contribution is -2.21. The second kappa shape index (κ2) is 7.61. The Morgan fingerprint density at radius 2 is 2.16 bits per heavy atom. The van der Waals surface area contributed by atoms with Crippen molar-refractivity contribution in [3.8, 4) is 11.5 Å². The van der Waals surface area contributed by atoms with Crippen LogP contribution in [0.15, 0.2) is 17.2 Å². The average molecular weight is 387 g/mol. The van der Waals surface area contributed by atoms with Gasteiger partial charge in [-0.25, -0.2) is 13.8 Å². The number of fused-ring (bicyclic) bond motifs is 1. The summed E-state index contributed by atoms with van der Waals surface area (Å²) in [6.07, 6.45) is 2.92. The van der Waals surface area contributed by atoms with E-state index >= 15 is 0 Å². The van der Waals surface area contributed by atoms with Gasteiger partial charge in [0.25, 0.3) is 0 Å². The second-order valence-electron chi connectivity index (χ2n) is 6.15. The summed E-state index contributed by atoms with van der Waals surface area (Å²) in [7, 11) is -2.98. The summed E-state index contributed by atoms with van der Waals surface area (Å²) in [4.78, 5) is 11.9. The van der Waals surface area contributed by atoms with Crippen LogP contribution in [0.4, 0.5) is 0 Å². The number of ether oxygens (including phenoxy) is 2. The Morgan fingerprint density at radius 1 is 1.36 bits per heavy atom. The number of rotatable bonds is 4. The van der Waals surface area contributed by atoms with Gasteiger partial charge in [-0.15, -0.1) is 0 Å². The molecule has 136 valence electrons. The predicted molar refractivity (Wildman–Crippen MR) is 94.2 cm³/mol. The molecule has 25 heavy (non-hydrogen) atoms. The molecule has 0 bridgehead atoms. The first-order valence-electron chi connectivity index (χ1n) is 8.04. The van der Waals surface area contributed by atoms with Gasteiger partial charge < -0.3 is 9.47 Å². The molecule has 0 unspecified atom stereocenters. The zero-order valence-corrected chi connectivity index (χ0v) is 15.1. The third-order valence-electron chi connectivity index (χ3n) is 4.03. The standard InChI is InChI=1S/C16H19ClN2O5S/c17-13-6-12(7-14-16(13)24-4-1-3-23-14)9-18-19-15(20)8-11-2-5-25(21,22)10-11/h6-7,9,11H,1-5,8,10H2,(H,19,20)/b18-9-/t11-/m1/s1. The largest absolute Gasteiger partial charge is 0.489 e. The molecule has 0 saturated carbocycles. The van der Waals surface area contributed by atoms with E-state index in [0.717, 1.165) is 6.42 Å². The number of carbonyl (C=O) groups is 1. The molecule has 1 aromatic rings. The first-order valence-corrected chi connectivity index (χ1v) is 10.2. The van der Waals surface area contributed by atoms with Gasteiger partial charge in [-0.1, -0.05) is 11.6 Å². The summed E-state index contributed by atoms with van der Waals surface area (Å²) in [6.45, 7) is 1.10. The molecular formula is C16H19ClN2O5S. The molecule has 1 atom stereocenters. The highest BCUT2D eigenvalue weighted by Gasteiger charge is 2.29. The highest BCUT2D eigenvalue weighted by molar-refractivity contribution is 7.91. The van der Waals surface area contributed by atoms with Crippen molar-refractivity contribution in [3.05, 3.63) is 22.7 Å². The Labute approximate surface area is 151 Å². The molecule has 0 aromatic heterocycles. The van der Waals surface area contributed by atoms with Crippen LogP contribution in [0.1, 0.15) is 24.8 Å². The molecule has 1 N–H and O–H groups in total. The van der Waals surface area contributed by atoms with Crippen LogP contribution in [-0.2, 0) is 14.6 Å². The van der Waals surface area contributed by atoms with Crippen LogP contribution < -0.4 is 14.9 Å². The maximum Gasteiger partial charge on any atom is 0.240 e. The van der Waals surface area contributed by atoms with Crippen molar-refractivity contribution in [1.29, 1.82) is 0 Å². The number of hydrazone groups is 1. The molecule has 9 heteroatoms. The normalized spacial score (nSPS) is 21.9. The van der Waals surface area contributed by atoms with E-state index in [9.17, 15) is 13.2 Å². The number of amides is 1. The van der Waals surface area contributed by atoms with E-state index in [1.165, 1.54) is 6.21 Å². The summed E-state index contributed by atoms with van der Waals surface area (Å²) in [6, 6.07) is 3.42. The number of hydrogen-bond donors (Lipinski definition) is 1. The van der Waals surface area contributed by atoms with Gasteiger partial charge in [0.05, 0.1) is 36.0 Å². The highest BCUT2D eigenvalue weighted by Crippen LogP contribution is 2.37. The third kappa shape index (κ3) is 4.85. The fraction of sp³-hybridized carbons (Fsp3) is 0.500. The van der Waals surface area contributed by atoms with Crippen LogP contribution in [0.25, 0.3) is 0 Å². The van der Waals surface area contributed by atoms with Crippen molar-refractivity contribution in [2.75, 3.05) is 24.7 Å². The number of nitrogens with zero attached hydrogens (tertiary/aromatic N) is 1. The summed E-state index contributed by atoms with van der Waals surface area (Å²) in [5.74, 6) is 0.856. The van der Waals surface area contributed by atoms with Crippen LogP contribution in [0.3, 0.4) is 0 Å². The quantitative estimate of drug-likeness (QED) is 0.628. The highest BCUT2D eigenvalue weighted by atomic mass is 35.5. The Bertz CT molecular complexity index is 794. The monoisotopic (exact) mass is 386 g/mol. The Kier molecular flexibility index (Phi) is 5.48. The van der Waals surface area contributed by atoms with E-state index in [1.54, 1.807) is 12.1 Å². The van der Waals surface area contributed by atoms with Crippen molar-refractivity contribution in [2.24, 2.45) is 11.0 Å². The second-order valence-corrected chi connectivity index (χ2v) is 8.78. The van der Waals surface area contributed by atoms with Crippen molar-refractivity contribution in [2.45, 2.75) is 19.3 Å². The first-order chi connectivity index (χ1) is 11.9. The SMILES string of the molecule is O=C(C[C@H]1CCS(=O)(=O)C1)N/N=C\c1cc(Cl)c2c(c1)OCCCO2. The fourth-order valence-electron chi connectivity index (χ4n) is 2.84. The molecule has 1 amide bonds. The van der Waals surface area contributed by atoms with Crippen LogP contribution in [0.5, 0.6) is 11.5 Å². The minimum absolute atomic E-state index is 0.0713. The summed E-state index contributed by atoms with van der Waals surface area (Å²) in [5.41, 5.74) is 3.08. The van der Waals surface area contributed by atoms with Gasteiger partial charge in [-0.3, -0.25) is 4.79 Å². The van der Waals surface area contributed by atoms with Gasteiger partial charge in [-0.05, 0) is 30.0 Å². The van der Waals surface area contributed by atoms with Crippen molar-refractivity contribution >= 4 is 33.6 Å². The lowest BCUT2D eigenvalue weighted by molar-refractivity contribution is -0.121. The first kappa shape index (κ1) is 18.0. The smallest absolute Gasteiger partial charge is 0.240 e. The number of hydrogen-bond acceptors (Lipinski definition) is 6. The summed E-state index contributed by atoms with van der Waals surface area (Å²) < 4.78 is 33.9. The topological polar surface area (TPSA) is 94.1 Å². The van der Waals surface area contributed by atoms with Gasteiger partial charge in [-0.2, -0.15) is 5.10 Å². The summed E-state index contributed by atoms with van der Waals surface area (Å²) >= 11 is 6.19. The van der Waals surface area contributed by atoms with Crippen LogP contribution >= 0.6 is 11.6 Å². The van der Waals surface area contributed by atoms with E-state index in [4.69, 9.17) is 21.1 Å². The van der Waals surface area contributed by atoms with Gasteiger partial charge in [0, 0.05) is 12.8 Å². The molecule has 2 heterocycles. The number of nitrogens with one attached hydrogen (secondary N) is 1. The van der Waals surface area contributed by atoms with Crippen molar-refractivity contribution in [3.63, 3.8) is 0 Å². The molecular weight excluding hydrogens is 368 g/mol. The van der Waals surface area contributed by atoms with E-state index in [1.807, 2.05) is 0 Å². The third-order valence-corrected chi connectivity index (χ3v) is 6.15. The van der Waals surface area contributed by atoms with Gasteiger partial charge in [0.2, 0.25) is 5.91 Å². The number of halogens is 1. The molecule has 2 aliphatic heterocycles.